The molecule has 0 radical (unpaired) electrons. The van der Waals surface area contributed by atoms with Gasteiger partial charge in [0, 0.05) is 17.8 Å². The van der Waals surface area contributed by atoms with Gasteiger partial charge in [-0.2, -0.15) is 0 Å². The normalized spacial score (nSPS) is 13.7. The molecule has 0 bridgehead atoms. The van der Waals surface area contributed by atoms with Crippen molar-refractivity contribution >= 4 is 21.6 Å². The van der Waals surface area contributed by atoms with E-state index in [1.807, 2.05) is 31.2 Å². The molecular formula is C28H30N2O3S. The van der Waals surface area contributed by atoms with Crippen molar-refractivity contribution < 1.29 is 13.2 Å². The molecule has 6 heteroatoms. The first-order chi connectivity index (χ1) is 16.4. The van der Waals surface area contributed by atoms with E-state index in [4.69, 9.17) is 0 Å². The number of benzene rings is 3. The van der Waals surface area contributed by atoms with Gasteiger partial charge >= 0.3 is 0 Å². The Morgan fingerprint density at radius 2 is 1.50 bits per heavy atom. The van der Waals surface area contributed by atoms with Crippen molar-refractivity contribution in [3.05, 3.63) is 95.6 Å². The fourth-order valence-electron chi connectivity index (χ4n) is 4.05. The summed E-state index contributed by atoms with van der Waals surface area (Å²) in [4.78, 5) is 12.6. The topological polar surface area (TPSA) is 75.3 Å². The minimum atomic E-state index is -3.74. The van der Waals surface area contributed by atoms with Gasteiger partial charge in [-0.1, -0.05) is 53.6 Å². The van der Waals surface area contributed by atoms with Crippen molar-refractivity contribution in [1.29, 1.82) is 0 Å². The molecule has 1 aliphatic carbocycles. The van der Waals surface area contributed by atoms with Gasteiger partial charge in [0.25, 0.3) is 15.9 Å². The molecule has 0 saturated carbocycles. The Hall–Kier alpha value is -3.38. The van der Waals surface area contributed by atoms with Gasteiger partial charge < -0.3 is 5.32 Å². The lowest BCUT2D eigenvalue weighted by Crippen LogP contribution is -2.24. The molecule has 0 atom stereocenters. The highest BCUT2D eigenvalue weighted by Crippen LogP contribution is 2.23. The van der Waals surface area contributed by atoms with Crippen molar-refractivity contribution in [2.24, 2.45) is 0 Å². The van der Waals surface area contributed by atoms with E-state index in [1.54, 1.807) is 48.5 Å². The van der Waals surface area contributed by atoms with E-state index >= 15 is 0 Å². The Morgan fingerprint density at radius 3 is 2.12 bits per heavy atom. The molecule has 34 heavy (non-hydrogen) atoms. The summed E-state index contributed by atoms with van der Waals surface area (Å²) in [5.41, 5.74) is 5.49. The number of sulfonamides is 1. The van der Waals surface area contributed by atoms with E-state index < -0.39 is 10.0 Å². The molecule has 0 saturated heterocycles. The lowest BCUT2D eigenvalue weighted by Gasteiger charge is -2.13. The molecule has 5 nitrogen and oxygen atoms in total. The zero-order valence-electron chi connectivity index (χ0n) is 19.4. The third-order valence-electron chi connectivity index (χ3n) is 6.07. The number of hydrogen-bond acceptors (Lipinski definition) is 3. The van der Waals surface area contributed by atoms with Crippen molar-refractivity contribution in [1.82, 2.24) is 5.32 Å². The van der Waals surface area contributed by atoms with Crippen LogP contribution < -0.4 is 10.0 Å². The Labute approximate surface area is 202 Å². The fraction of sp³-hybridized carbons (Fsp3) is 0.250. The van der Waals surface area contributed by atoms with Crippen molar-refractivity contribution in [2.75, 3.05) is 11.3 Å². The predicted molar refractivity (Wildman–Crippen MR) is 137 cm³/mol. The first-order valence-corrected chi connectivity index (χ1v) is 13.2. The van der Waals surface area contributed by atoms with Gasteiger partial charge in [-0.25, -0.2) is 8.42 Å². The highest BCUT2D eigenvalue weighted by molar-refractivity contribution is 7.92. The summed E-state index contributed by atoms with van der Waals surface area (Å²) in [5.74, 6) is -0.155. The number of anilines is 1. The quantitative estimate of drug-likeness (QED) is 0.388. The van der Waals surface area contributed by atoms with E-state index in [1.165, 1.54) is 24.0 Å². The maximum Gasteiger partial charge on any atom is 0.261 e. The van der Waals surface area contributed by atoms with E-state index in [-0.39, 0.29) is 10.8 Å². The molecule has 3 aromatic carbocycles. The van der Waals surface area contributed by atoms with Crippen LogP contribution in [0, 0.1) is 6.92 Å². The first kappa shape index (κ1) is 23.8. The Bertz CT molecular complexity index is 1260. The molecule has 0 aliphatic heterocycles. The Kier molecular flexibility index (Phi) is 7.48. The number of carbonyl (C=O) groups is 1. The van der Waals surface area contributed by atoms with E-state index in [2.05, 4.69) is 16.1 Å². The maximum absolute atomic E-state index is 12.8. The highest BCUT2D eigenvalue weighted by Gasteiger charge is 2.15. The van der Waals surface area contributed by atoms with Gasteiger partial charge in [-0.05, 0) is 86.6 Å². The van der Waals surface area contributed by atoms with Crippen LogP contribution in [0.5, 0.6) is 0 Å². The molecule has 0 aromatic heterocycles. The standard InChI is InChI=1S/C28H30N2O3S/c1-21-7-9-23(10-8-21)24-13-17-27(18-14-24)34(32,33)30-26-15-11-25(12-16-26)28(31)29-20-19-22-5-3-2-4-6-22/h5,7-18,30H,2-4,6,19-20H2,1H3,(H,29,31). The zero-order chi connectivity index (χ0) is 24.0. The van der Waals surface area contributed by atoms with Gasteiger partial charge in [-0.15, -0.1) is 0 Å². The molecular weight excluding hydrogens is 444 g/mol. The average molecular weight is 475 g/mol. The van der Waals surface area contributed by atoms with Gasteiger partial charge in [0.2, 0.25) is 0 Å². The minimum Gasteiger partial charge on any atom is -0.352 e. The summed E-state index contributed by atoms with van der Waals surface area (Å²) in [6, 6.07) is 21.4. The molecule has 0 spiro atoms. The van der Waals surface area contributed by atoms with Gasteiger partial charge in [0.1, 0.15) is 0 Å². The van der Waals surface area contributed by atoms with Crippen LogP contribution in [-0.4, -0.2) is 20.9 Å². The Balaban J connectivity index is 1.35. The van der Waals surface area contributed by atoms with Crippen LogP contribution in [0.15, 0.2) is 89.3 Å². The lowest BCUT2D eigenvalue weighted by molar-refractivity contribution is 0.0954. The third-order valence-corrected chi connectivity index (χ3v) is 7.46. The van der Waals surface area contributed by atoms with Crippen LogP contribution >= 0.6 is 0 Å². The lowest BCUT2D eigenvalue weighted by atomic mass is 9.97. The van der Waals surface area contributed by atoms with E-state index in [9.17, 15) is 13.2 Å². The second kappa shape index (κ2) is 10.7. The second-order valence-corrected chi connectivity index (χ2v) is 10.4. The minimum absolute atomic E-state index is 0.155. The van der Waals surface area contributed by atoms with Crippen LogP contribution in [0.2, 0.25) is 0 Å². The molecule has 3 aromatic rings. The zero-order valence-corrected chi connectivity index (χ0v) is 20.2. The number of allylic oxidation sites excluding steroid dienone is 1. The third kappa shape index (κ3) is 6.14. The number of aryl methyl sites for hydroxylation is 1. The maximum atomic E-state index is 12.8. The number of hydrogen-bond donors (Lipinski definition) is 2. The predicted octanol–water partition coefficient (Wildman–Crippen LogP) is 6.08. The van der Waals surface area contributed by atoms with Crippen LogP contribution in [0.4, 0.5) is 5.69 Å². The van der Waals surface area contributed by atoms with Gasteiger partial charge in [0.05, 0.1) is 4.90 Å². The molecule has 1 aliphatic rings. The molecule has 1 amide bonds. The summed E-state index contributed by atoms with van der Waals surface area (Å²) in [6.45, 7) is 2.64. The summed E-state index contributed by atoms with van der Waals surface area (Å²) in [7, 11) is -3.74. The van der Waals surface area contributed by atoms with Gasteiger partial charge in [0.15, 0.2) is 0 Å². The second-order valence-electron chi connectivity index (χ2n) is 8.69. The SMILES string of the molecule is Cc1ccc(-c2ccc(S(=O)(=O)Nc3ccc(C(=O)NCCC4=CCCCC4)cc3)cc2)cc1. The monoisotopic (exact) mass is 474 g/mol. The summed E-state index contributed by atoms with van der Waals surface area (Å²) in [6.07, 6.45) is 7.91. The molecule has 4 rings (SSSR count). The van der Waals surface area contributed by atoms with Crippen LogP contribution in [-0.2, 0) is 10.0 Å². The fourth-order valence-corrected chi connectivity index (χ4v) is 5.11. The van der Waals surface area contributed by atoms with Crippen LogP contribution in [0.25, 0.3) is 11.1 Å². The number of amides is 1. The molecule has 0 fully saturated rings. The van der Waals surface area contributed by atoms with Gasteiger partial charge in [-0.3, -0.25) is 9.52 Å². The Morgan fingerprint density at radius 1 is 0.853 bits per heavy atom. The number of carbonyl (C=O) groups excluding carboxylic acids is 1. The van der Waals surface area contributed by atoms with Crippen molar-refractivity contribution in [2.45, 2.75) is 43.9 Å². The highest BCUT2D eigenvalue weighted by atomic mass is 32.2. The smallest absolute Gasteiger partial charge is 0.261 e. The van der Waals surface area contributed by atoms with Crippen LogP contribution in [0.1, 0.15) is 48.0 Å². The molecule has 176 valence electrons. The largest absolute Gasteiger partial charge is 0.352 e. The van der Waals surface area contributed by atoms with E-state index in [0.29, 0.717) is 17.8 Å². The van der Waals surface area contributed by atoms with Crippen molar-refractivity contribution in [3.8, 4) is 11.1 Å². The molecule has 2 N–H and O–H groups in total. The first-order valence-electron chi connectivity index (χ1n) is 11.7. The van der Waals surface area contributed by atoms with Crippen molar-refractivity contribution in [3.63, 3.8) is 0 Å². The number of nitrogens with one attached hydrogen (secondary N) is 2. The van der Waals surface area contributed by atoms with E-state index in [0.717, 1.165) is 30.4 Å². The molecule has 0 unspecified atom stereocenters. The summed E-state index contributed by atoms with van der Waals surface area (Å²) < 4.78 is 28.2. The average Bonchev–Trinajstić information content (AvgIpc) is 2.85. The van der Waals surface area contributed by atoms with Crippen LogP contribution in [0.3, 0.4) is 0 Å². The summed E-state index contributed by atoms with van der Waals surface area (Å²) in [5, 5.41) is 2.94. The number of rotatable bonds is 8. The summed E-state index contributed by atoms with van der Waals surface area (Å²) >= 11 is 0. The molecule has 0 heterocycles.